The molecule has 10 nitrogen and oxygen atoms in total. The lowest BCUT2D eigenvalue weighted by atomic mass is 10.0. The summed E-state index contributed by atoms with van der Waals surface area (Å²) in [4.78, 5) is 16.6. The van der Waals surface area contributed by atoms with E-state index in [0.29, 0.717) is 6.54 Å². The van der Waals surface area contributed by atoms with Crippen molar-refractivity contribution in [1.82, 2.24) is 15.6 Å². The number of aryl methyl sites for hydroxylation is 1. The SMILES string of the molecule is CCc1cccc(CNC[C@H](O)[C@H](Cc2ccc(O)cc2)NC(=O)c2coc(NS(C)(=O)=O)n2)c1. The summed E-state index contributed by atoms with van der Waals surface area (Å²) in [6, 6.07) is 13.6. The molecule has 2 aromatic carbocycles. The van der Waals surface area contributed by atoms with Gasteiger partial charge in [0.2, 0.25) is 10.0 Å². The molecule has 188 valence electrons. The fraction of sp³-hybridized carbons (Fsp3) is 0.333. The zero-order valence-corrected chi connectivity index (χ0v) is 20.4. The molecular weight excluding hydrogens is 472 g/mol. The Balaban J connectivity index is 1.67. The number of carbonyl (C=O) groups is 1. The minimum Gasteiger partial charge on any atom is -0.508 e. The van der Waals surface area contributed by atoms with Crippen LogP contribution >= 0.6 is 0 Å². The van der Waals surface area contributed by atoms with Crippen molar-refractivity contribution < 1.29 is 27.8 Å². The summed E-state index contributed by atoms with van der Waals surface area (Å²) in [5.41, 5.74) is 2.97. The van der Waals surface area contributed by atoms with Crippen LogP contribution in [0, 0.1) is 0 Å². The molecule has 0 saturated carbocycles. The molecule has 0 bridgehead atoms. The van der Waals surface area contributed by atoms with Crippen molar-refractivity contribution in [1.29, 1.82) is 0 Å². The number of sulfonamides is 1. The summed E-state index contributed by atoms with van der Waals surface area (Å²) in [6.45, 7) is 2.84. The number of amides is 1. The van der Waals surface area contributed by atoms with Gasteiger partial charge in [0, 0.05) is 13.1 Å². The first-order chi connectivity index (χ1) is 16.6. The van der Waals surface area contributed by atoms with Crippen LogP contribution in [0.3, 0.4) is 0 Å². The minimum atomic E-state index is -3.61. The van der Waals surface area contributed by atoms with Crippen LogP contribution in [-0.4, -0.2) is 54.5 Å². The number of aliphatic hydroxyl groups excluding tert-OH is 1. The zero-order chi connectivity index (χ0) is 25.4. The van der Waals surface area contributed by atoms with E-state index in [1.54, 1.807) is 12.1 Å². The Morgan fingerprint density at radius 3 is 2.51 bits per heavy atom. The largest absolute Gasteiger partial charge is 0.508 e. The number of oxazole rings is 1. The van der Waals surface area contributed by atoms with Crippen LogP contribution in [0.25, 0.3) is 0 Å². The predicted molar refractivity (Wildman–Crippen MR) is 132 cm³/mol. The van der Waals surface area contributed by atoms with E-state index in [2.05, 4.69) is 39.4 Å². The highest BCUT2D eigenvalue weighted by molar-refractivity contribution is 7.91. The first-order valence-corrected chi connectivity index (χ1v) is 13.0. The number of aliphatic hydroxyl groups is 1. The zero-order valence-electron chi connectivity index (χ0n) is 19.6. The number of benzene rings is 2. The van der Waals surface area contributed by atoms with E-state index in [1.165, 1.54) is 17.7 Å². The second-order valence-corrected chi connectivity index (χ2v) is 9.98. The summed E-state index contributed by atoms with van der Waals surface area (Å²) in [5.74, 6) is -0.520. The number of hydrogen-bond acceptors (Lipinski definition) is 8. The topological polar surface area (TPSA) is 154 Å². The van der Waals surface area contributed by atoms with Gasteiger partial charge in [-0.05, 0) is 41.7 Å². The lowest BCUT2D eigenvalue weighted by Gasteiger charge is -2.24. The van der Waals surface area contributed by atoms with Crippen LogP contribution in [0.2, 0.25) is 0 Å². The van der Waals surface area contributed by atoms with Gasteiger partial charge in [-0.1, -0.05) is 43.3 Å². The summed E-state index contributed by atoms with van der Waals surface area (Å²) in [7, 11) is -3.61. The van der Waals surface area contributed by atoms with Gasteiger partial charge in [0.05, 0.1) is 18.4 Å². The third-order valence-electron chi connectivity index (χ3n) is 5.26. The van der Waals surface area contributed by atoms with Gasteiger partial charge >= 0.3 is 6.01 Å². The second-order valence-electron chi connectivity index (χ2n) is 8.23. The average molecular weight is 503 g/mol. The van der Waals surface area contributed by atoms with Crippen LogP contribution in [-0.2, 0) is 29.4 Å². The molecule has 0 fully saturated rings. The normalized spacial score (nSPS) is 13.2. The molecule has 0 radical (unpaired) electrons. The highest BCUT2D eigenvalue weighted by Crippen LogP contribution is 2.14. The molecule has 0 unspecified atom stereocenters. The van der Waals surface area contributed by atoms with Crippen molar-refractivity contribution in [3.05, 3.63) is 77.2 Å². The number of aromatic hydroxyl groups is 1. The molecular formula is C24H30N4O6S. The molecule has 11 heteroatoms. The Morgan fingerprint density at radius 1 is 1.11 bits per heavy atom. The van der Waals surface area contributed by atoms with E-state index < -0.39 is 28.1 Å². The third-order valence-corrected chi connectivity index (χ3v) is 5.81. The van der Waals surface area contributed by atoms with Crippen LogP contribution in [0.4, 0.5) is 6.01 Å². The smallest absolute Gasteiger partial charge is 0.309 e. The molecule has 0 aliphatic carbocycles. The molecule has 35 heavy (non-hydrogen) atoms. The molecule has 0 aliphatic heterocycles. The van der Waals surface area contributed by atoms with Gasteiger partial charge in [-0.15, -0.1) is 0 Å². The Labute approximate surface area is 204 Å². The van der Waals surface area contributed by atoms with Crippen LogP contribution in [0.15, 0.2) is 59.2 Å². The average Bonchev–Trinajstić information content (AvgIpc) is 3.27. The minimum absolute atomic E-state index is 0.111. The lowest BCUT2D eigenvalue weighted by Crippen LogP contribution is -2.48. The summed E-state index contributed by atoms with van der Waals surface area (Å²) in [5, 5.41) is 26.4. The molecule has 1 amide bonds. The predicted octanol–water partition coefficient (Wildman–Crippen LogP) is 1.81. The van der Waals surface area contributed by atoms with Crippen molar-refractivity contribution in [2.45, 2.75) is 38.5 Å². The maximum Gasteiger partial charge on any atom is 0.309 e. The Morgan fingerprint density at radius 2 is 1.83 bits per heavy atom. The van der Waals surface area contributed by atoms with Crippen LogP contribution in [0.5, 0.6) is 5.75 Å². The highest BCUT2D eigenvalue weighted by atomic mass is 32.2. The third kappa shape index (κ3) is 8.39. The van der Waals surface area contributed by atoms with E-state index >= 15 is 0 Å². The van der Waals surface area contributed by atoms with E-state index in [4.69, 9.17) is 4.42 Å². The van der Waals surface area contributed by atoms with Crippen molar-refractivity contribution >= 4 is 21.9 Å². The maximum absolute atomic E-state index is 12.8. The molecule has 0 saturated heterocycles. The fourth-order valence-electron chi connectivity index (χ4n) is 3.46. The quantitative estimate of drug-likeness (QED) is 0.251. The first kappa shape index (κ1) is 26.2. The number of carbonyl (C=O) groups excluding carboxylic acids is 1. The monoisotopic (exact) mass is 502 g/mol. The van der Waals surface area contributed by atoms with Crippen LogP contribution < -0.4 is 15.4 Å². The number of nitrogens with zero attached hydrogens (tertiary/aromatic N) is 1. The van der Waals surface area contributed by atoms with Crippen molar-refractivity contribution in [2.75, 3.05) is 17.5 Å². The fourth-order valence-corrected chi connectivity index (χ4v) is 3.87. The van der Waals surface area contributed by atoms with Crippen molar-refractivity contribution in [2.24, 2.45) is 0 Å². The van der Waals surface area contributed by atoms with E-state index in [1.807, 2.05) is 12.1 Å². The molecule has 0 aliphatic rings. The molecule has 2 atom stereocenters. The number of nitrogens with one attached hydrogen (secondary N) is 3. The first-order valence-electron chi connectivity index (χ1n) is 11.1. The van der Waals surface area contributed by atoms with Crippen LogP contribution in [0.1, 0.15) is 34.1 Å². The van der Waals surface area contributed by atoms with Gasteiger partial charge in [0.15, 0.2) is 5.69 Å². The Hall–Kier alpha value is -3.41. The van der Waals surface area contributed by atoms with E-state index in [0.717, 1.165) is 30.1 Å². The molecule has 0 spiro atoms. The van der Waals surface area contributed by atoms with Crippen molar-refractivity contribution in [3.8, 4) is 5.75 Å². The number of phenolic OH excluding ortho intramolecular Hbond substituents is 1. The number of rotatable bonds is 12. The Bertz CT molecular complexity index is 1230. The highest BCUT2D eigenvalue weighted by Gasteiger charge is 2.24. The van der Waals surface area contributed by atoms with Crippen molar-refractivity contribution in [3.63, 3.8) is 0 Å². The maximum atomic E-state index is 12.8. The molecule has 1 aromatic heterocycles. The van der Waals surface area contributed by atoms with Gasteiger partial charge in [0.25, 0.3) is 5.91 Å². The summed E-state index contributed by atoms with van der Waals surface area (Å²) >= 11 is 0. The van der Waals surface area contributed by atoms with Gasteiger partial charge in [-0.25, -0.2) is 13.1 Å². The molecule has 3 rings (SSSR count). The van der Waals surface area contributed by atoms with E-state index in [-0.39, 0.29) is 30.4 Å². The van der Waals surface area contributed by atoms with Gasteiger partial charge in [0.1, 0.15) is 12.0 Å². The number of anilines is 1. The summed E-state index contributed by atoms with van der Waals surface area (Å²) in [6.07, 6.45) is 2.23. The number of phenols is 1. The number of hydrogen-bond donors (Lipinski definition) is 5. The molecule has 5 N–H and O–H groups in total. The second kappa shape index (κ2) is 11.8. The Kier molecular flexibility index (Phi) is 8.85. The molecule has 3 aromatic rings. The standard InChI is InChI=1S/C24H30N4O6S/c1-3-16-5-4-6-18(11-16)13-25-14-22(30)20(12-17-7-9-19(29)10-8-17)26-23(31)21-15-34-24(27-21)28-35(2,32)33/h4-11,15,20,22,25,29-30H,3,12-14H2,1-2H3,(H,26,31)(H,27,28)/t20-,22-/m0/s1. The summed E-state index contributed by atoms with van der Waals surface area (Å²) < 4.78 is 29.8. The lowest BCUT2D eigenvalue weighted by molar-refractivity contribution is 0.0825. The molecule has 1 heterocycles. The number of aromatic nitrogens is 1. The van der Waals surface area contributed by atoms with E-state index in [9.17, 15) is 23.4 Å². The van der Waals surface area contributed by atoms with Gasteiger partial charge in [-0.2, -0.15) is 4.98 Å². The van der Waals surface area contributed by atoms with Gasteiger partial charge in [-0.3, -0.25) is 4.79 Å². The van der Waals surface area contributed by atoms with Gasteiger partial charge < -0.3 is 25.3 Å².